The number of nitrogens with two attached hydrogens (primary N) is 1. The summed E-state index contributed by atoms with van der Waals surface area (Å²) in [7, 11) is 1.74. The first-order chi connectivity index (χ1) is 7.81. The Bertz CT molecular complexity index is 405. The van der Waals surface area contributed by atoms with Crippen LogP contribution in [0.4, 0.5) is 5.69 Å². The van der Waals surface area contributed by atoms with Gasteiger partial charge in [-0.05, 0) is 37.8 Å². The van der Waals surface area contributed by atoms with Crippen LogP contribution in [0.3, 0.4) is 0 Å². The predicted molar refractivity (Wildman–Crippen MR) is 64.8 cm³/mol. The van der Waals surface area contributed by atoms with Gasteiger partial charge in [0.2, 0.25) is 0 Å². The number of fused-ring (bicyclic) bond motifs is 3. The van der Waals surface area contributed by atoms with Crippen molar-refractivity contribution in [3.63, 3.8) is 0 Å². The van der Waals surface area contributed by atoms with Crippen LogP contribution in [0.25, 0.3) is 0 Å². The first-order valence-electron chi connectivity index (χ1n) is 6.01. The van der Waals surface area contributed by atoms with E-state index < -0.39 is 0 Å². The second-order valence-electron chi connectivity index (χ2n) is 4.72. The lowest BCUT2D eigenvalue weighted by Gasteiger charge is -2.37. The molecule has 3 heteroatoms. The molecule has 2 heterocycles. The summed E-state index contributed by atoms with van der Waals surface area (Å²) in [6, 6.07) is 6.86. The summed E-state index contributed by atoms with van der Waals surface area (Å²) in [6.07, 6.45) is 4.89. The molecule has 0 aliphatic carbocycles. The molecule has 0 amide bonds. The topological polar surface area (TPSA) is 38.5 Å². The monoisotopic (exact) mass is 218 g/mol. The van der Waals surface area contributed by atoms with Gasteiger partial charge >= 0.3 is 0 Å². The van der Waals surface area contributed by atoms with Crippen molar-refractivity contribution in [2.75, 3.05) is 12.0 Å². The lowest BCUT2D eigenvalue weighted by molar-refractivity contribution is 0.395. The summed E-state index contributed by atoms with van der Waals surface area (Å²) in [5.41, 5.74) is 8.84. The van der Waals surface area contributed by atoms with Crippen molar-refractivity contribution in [1.82, 2.24) is 0 Å². The number of benzene rings is 1. The number of nitrogens with zero attached hydrogens (tertiary/aromatic N) is 1. The third-order valence-corrected chi connectivity index (χ3v) is 3.83. The highest BCUT2D eigenvalue weighted by atomic mass is 16.5. The molecule has 3 nitrogen and oxygen atoms in total. The molecule has 1 aromatic rings. The summed E-state index contributed by atoms with van der Waals surface area (Å²) < 4.78 is 5.43. The molecule has 2 unspecified atom stereocenters. The molecule has 0 radical (unpaired) electrons. The van der Waals surface area contributed by atoms with E-state index in [1.165, 1.54) is 24.1 Å². The van der Waals surface area contributed by atoms with Gasteiger partial charge in [-0.1, -0.05) is 6.07 Å². The molecule has 1 saturated heterocycles. The van der Waals surface area contributed by atoms with E-state index in [0.717, 1.165) is 18.6 Å². The molecule has 0 spiro atoms. The Morgan fingerprint density at radius 2 is 2.25 bits per heavy atom. The number of hydrogen-bond acceptors (Lipinski definition) is 3. The van der Waals surface area contributed by atoms with Crippen LogP contribution >= 0.6 is 0 Å². The Balaban J connectivity index is 2.05. The van der Waals surface area contributed by atoms with Gasteiger partial charge in [-0.3, -0.25) is 0 Å². The Morgan fingerprint density at radius 3 is 3.06 bits per heavy atom. The van der Waals surface area contributed by atoms with Crippen molar-refractivity contribution in [2.45, 2.75) is 37.9 Å². The zero-order valence-electron chi connectivity index (χ0n) is 9.65. The normalized spacial score (nSPS) is 27.5. The smallest absolute Gasteiger partial charge is 0.124 e. The average molecular weight is 218 g/mol. The van der Waals surface area contributed by atoms with Crippen LogP contribution in [0, 0.1) is 0 Å². The van der Waals surface area contributed by atoms with Gasteiger partial charge in [-0.15, -0.1) is 0 Å². The van der Waals surface area contributed by atoms with E-state index in [2.05, 4.69) is 17.0 Å². The second-order valence-corrected chi connectivity index (χ2v) is 4.72. The number of anilines is 1. The molecule has 2 aliphatic rings. The molecule has 1 aromatic carbocycles. The summed E-state index contributed by atoms with van der Waals surface area (Å²) in [6.45, 7) is 0. The van der Waals surface area contributed by atoms with Crippen LogP contribution in [0.5, 0.6) is 5.75 Å². The molecule has 2 atom stereocenters. The van der Waals surface area contributed by atoms with E-state index in [4.69, 9.17) is 10.5 Å². The minimum Gasteiger partial charge on any atom is -0.496 e. The molecule has 86 valence electrons. The summed E-state index contributed by atoms with van der Waals surface area (Å²) >= 11 is 0. The molecule has 3 rings (SSSR count). The molecular weight excluding hydrogens is 200 g/mol. The van der Waals surface area contributed by atoms with Gasteiger partial charge in [0.1, 0.15) is 5.75 Å². The van der Waals surface area contributed by atoms with Crippen molar-refractivity contribution >= 4 is 5.69 Å². The van der Waals surface area contributed by atoms with E-state index in [9.17, 15) is 0 Å². The summed E-state index contributed by atoms with van der Waals surface area (Å²) in [5.74, 6) is 1.01. The SMILES string of the molecule is COc1cccc2c1CC1CCCC(N)N21. The molecule has 0 bridgehead atoms. The molecule has 0 aromatic heterocycles. The fraction of sp³-hybridized carbons (Fsp3) is 0.538. The second kappa shape index (κ2) is 3.67. The summed E-state index contributed by atoms with van der Waals surface area (Å²) in [5, 5.41) is 0. The fourth-order valence-corrected chi connectivity index (χ4v) is 3.12. The molecule has 0 saturated carbocycles. The zero-order valence-corrected chi connectivity index (χ0v) is 9.65. The third-order valence-electron chi connectivity index (χ3n) is 3.83. The minimum absolute atomic E-state index is 0.187. The lowest BCUT2D eigenvalue weighted by atomic mass is 9.99. The van der Waals surface area contributed by atoms with E-state index in [0.29, 0.717) is 6.04 Å². The van der Waals surface area contributed by atoms with Crippen LogP contribution < -0.4 is 15.4 Å². The van der Waals surface area contributed by atoms with Crippen LogP contribution in [0.2, 0.25) is 0 Å². The van der Waals surface area contributed by atoms with Crippen LogP contribution in [-0.4, -0.2) is 19.3 Å². The number of ether oxygens (including phenoxy) is 1. The maximum atomic E-state index is 6.21. The van der Waals surface area contributed by atoms with E-state index in [1.54, 1.807) is 7.11 Å². The Kier molecular flexibility index (Phi) is 2.28. The average Bonchev–Trinajstić information content (AvgIpc) is 2.68. The number of piperidine rings is 1. The van der Waals surface area contributed by atoms with Gasteiger partial charge in [-0.2, -0.15) is 0 Å². The quantitative estimate of drug-likeness (QED) is 0.782. The van der Waals surface area contributed by atoms with Gasteiger partial charge in [0.25, 0.3) is 0 Å². The van der Waals surface area contributed by atoms with Crippen molar-refractivity contribution in [2.24, 2.45) is 5.73 Å². The van der Waals surface area contributed by atoms with Gasteiger partial charge in [0.05, 0.1) is 13.3 Å². The first kappa shape index (κ1) is 9.97. The van der Waals surface area contributed by atoms with Crippen LogP contribution in [0.15, 0.2) is 18.2 Å². The van der Waals surface area contributed by atoms with Crippen LogP contribution in [-0.2, 0) is 6.42 Å². The predicted octanol–water partition coefficient (Wildman–Crippen LogP) is 1.89. The fourth-order valence-electron chi connectivity index (χ4n) is 3.12. The van der Waals surface area contributed by atoms with Gasteiger partial charge in [0.15, 0.2) is 0 Å². The van der Waals surface area contributed by atoms with Gasteiger partial charge < -0.3 is 15.4 Å². The van der Waals surface area contributed by atoms with E-state index >= 15 is 0 Å². The van der Waals surface area contributed by atoms with Gasteiger partial charge in [-0.25, -0.2) is 0 Å². The molecular formula is C13H18N2O. The number of methoxy groups -OCH3 is 1. The minimum atomic E-state index is 0.187. The molecule has 1 fully saturated rings. The van der Waals surface area contributed by atoms with Crippen molar-refractivity contribution in [1.29, 1.82) is 0 Å². The largest absolute Gasteiger partial charge is 0.496 e. The van der Waals surface area contributed by atoms with E-state index in [1.807, 2.05) is 6.07 Å². The lowest BCUT2D eigenvalue weighted by Crippen LogP contribution is -2.49. The Morgan fingerprint density at radius 1 is 1.38 bits per heavy atom. The van der Waals surface area contributed by atoms with Crippen molar-refractivity contribution in [3.05, 3.63) is 23.8 Å². The highest BCUT2D eigenvalue weighted by Crippen LogP contribution is 2.42. The Labute approximate surface area is 96.2 Å². The zero-order chi connectivity index (χ0) is 11.1. The molecule has 16 heavy (non-hydrogen) atoms. The molecule has 2 N–H and O–H groups in total. The van der Waals surface area contributed by atoms with Gasteiger partial charge in [0, 0.05) is 17.3 Å². The number of rotatable bonds is 1. The number of hydrogen-bond donors (Lipinski definition) is 1. The van der Waals surface area contributed by atoms with Crippen LogP contribution in [0.1, 0.15) is 24.8 Å². The molecule has 2 aliphatic heterocycles. The van der Waals surface area contributed by atoms with Crippen molar-refractivity contribution in [3.8, 4) is 5.75 Å². The van der Waals surface area contributed by atoms with Crippen molar-refractivity contribution < 1.29 is 4.74 Å². The maximum absolute atomic E-state index is 6.21. The summed E-state index contributed by atoms with van der Waals surface area (Å²) in [4.78, 5) is 2.39. The first-order valence-corrected chi connectivity index (χ1v) is 6.01. The standard InChI is InChI=1S/C13H18N2O/c1-16-12-6-3-5-11-10(12)8-9-4-2-7-13(14)15(9)11/h3,5-6,9,13H,2,4,7-8,14H2,1H3. The highest BCUT2D eigenvalue weighted by Gasteiger charge is 2.36. The Hall–Kier alpha value is -1.22. The third kappa shape index (κ3) is 1.31. The maximum Gasteiger partial charge on any atom is 0.124 e. The highest BCUT2D eigenvalue weighted by molar-refractivity contribution is 5.65. The van der Waals surface area contributed by atoms with E-state index in [-0.39, 0.29) is 6.17 Å².